The quantitative estimate of drug-likeness (QED) is 0.588. The van der Waals surface area contributed by atoms with Crippen LogP contribution in [0.2, 0.25) is 0 Å². The maximum absolute atomic E-state index is 13.2. The number of anilines is 1. The maximum atomic E-state index is 13.2. The average Bonchev–Trinajstić information content (AvgIpc) is 3.45. The fourth-order valence-electron chi connectivity index (χ4n) is 4.95. The van der Waals surface area contributed by atoms with Crippen LogP contribution in [0.4, 0.5) is 5.69 Å². The van der Waals surface area contributed by atoms with E-state index in [0.29, 0.717) is 36.9 Å². The highest BCUT2D eigenvalue weighted by Crippen LogP contribution is 2.39. The molecular formula is C26H32N4O3. The van der Waals surface area contributed by atoms with Crippen LogP contribution in [0.25, 0.3) is 11.1 Å². The van der Waals surface area contributed by atoms with Gasteiger partial charge in [0.05, 0.1) is 6.20 Å². The van der Waals surface area contributed by atoms with Gasteiger partial charge in [0.1, 0.15) is 5.69 Å². The summed E-state index contributed by atoms with van der Waals surface area (Å²) in [6.07, 6.45) is 10.0. The number of hydrogen-bond acceptors (Lipinski definition) is 5. The Labute approximate surface area is 194 Å². The molecule has 0 saturated heterocycles. The van der Waals surface area contributed by atoms with E-state index in [1.807, 2.05) is 42.3 Å². The van der Waals surface area contributed by atoms with E-state index in [1.165, 1.54) is 5.56 Å². The van der Waals surface area contributed by atoms with Crippen molar-refractivity contribution in [2.45, 2.75) is 58.0 Å². The Morgan fingerprint density at radius 3 is 2.58 bits per heavy atom. The Bertz CT molecular complexity index is 1190. The van der Waals surface area contributed by atoms with Crippen molar-refractivity contribution >= 4 is 5.69 Å². The van der Waals surface area contributed by atoms with Crippen molar-refractivity contribution in [2.24, 2.45) is 13.0 Å². The summed E-state index contributed by atoms with van der Waals surface area (Å²) in [5, 5.41) is 7.89. The number of aryl methyl sites for hydroxylation is 1. The van der Waals surface area contributed by atoms with Crippen LogP contribution in [-0.2, 0) is 13.6 Å². The minimum absolute atomic E-state index is 0.0502. The van der Waals surface area contributed by atoms with Crippen LogP contribution in [-0.4, -0.2) is 27.2 Å². The molecule has 0 amide bonds. The lowest BCUT2D eigenvalue weighted by atomic mass is 9.81. The van der Waals surface area contributed by atoms with E-state index in [4.69, 9.17) is 9.47 Å². The standard InChI is InChI=1S/C26H32N4O3/c1-17(2)13-30-15-20(21-12-27-29(3)14-21)10-23(26(30)31)28-22-7-4-18(5-8-22)19-6-9-24-25(11-19)33-16-32-24/h6,9-12,14-15,17-18,22,28H,4-5,7-8,13,16H2,1-3H3. The van der Waals surface area contributed by atoms with Crippen molar-refractivity contribution < 1.29 is 9.47 Å². The molecule has 1 aromatic carbocycles. The topological polar surface area (TPSA) is 70.3 Å². The predicted octanol–water partition coefficient (Wildman–Crippen LogP) is 4.77. The lowest BCUT2D eigenvalue weighted by Gasteiger charge is -2.30. The van der Waals surface area contributed by atoms with Crippen LogP contribution in [0.5, 0.6) is 11.5 Å². The highest BCUT2D eigenvalue weighted by Gasteiger charge is 2.25. The molecule has 7 nitrogen and oxygen atoms in total. The smallest absolute Gasteiger partial charge is 0.273 e. The molecule has 1 fully saturated rings. The molecule has 174 valence electrons. The number of aromatic nitrogens is 3. The molecule has 1 saturated carbocycles. The fourth-order valence-corrected chi connectivity index (χ4v) is 4.95. The SMILES string of the molecule is CC(C)Cn1cc(-c2cnn(C)c2)cc(NC2CCC(c3ccc4c(c3)OCO4)CC2)c1=O. The van der Waals surface area contributed by atoms with Crippen LogP contribution in [0.1, 0.15) is 51.0 Å². The van der Waals surface area contributed by atoms with Gasteiger partial charge in [-0.15, -0.1) is 0 Å². The molecule has 1 aliphatic heterocycles. The molecule has 3 aromatic rings. The minimum Gasteiger partial charge on any atom is -0.454 e. The van der Waals surface area contributed by atoms with Gasteiger partial charge in [0, 0.05) is 43.2 Å². The zero-order valence-corrected chi connectivity index (χ0v) is 19.6. The van der Waals surface area contributed by atoms with E-state index in [9.17, 15) is 4.79 Å². The van der Waals surface area contributed by atoms with Gasteiger partial charge in [0.15, 0.2) is 11.5 Å². The Kier molecular flexibility index (Phi) is 5.87. The van der Waals surface area contributed by atoms with Gasteiger partial charge in [-0.05, 0) is 61.3 Å². The Hall–Kier alpha value is -3.22. The number of pyridine rings is 1. The Morgan fingerprint density at radius 2 is 1.85 bits per heavy atom. The number of hydrogen-bond donors (Lipinski definition) is 1. The van der Waals surface area contributed by atoms with Gasteiger partial charge in [-0.3, -0.25) is 9.48 Å². The first kappa shape index (κ1) is 21.6. The van der Waals surface area contributed by atoms with E-state index in [0.717, 1.165) is 48.3 Å². The zero-order valence-electron chi connectivity index (χ0n) is 19.6. The van der Waals surface area contributed by atoms with Gasteiger partial charge < -0.3 is 19.4 Å². The van der Waals surface area contributed by atoms with Crippen LogP contribution in [0.15, 0.2) is 47.7 Å². The van der Waals surface area contributed by atoms with Crippen molar-refractivity contribution in [3.63, 3.8) is 0 Å². The van der Waals surface area contributed by atoms with Crippen molar-refractivity contribution in [2.75, 3.05) is 12.1 Å². The van der Waals surface area contributed by atoms with Crippen molar-refractivity contribution in [3.8, 4) is 22.6 Å². The Balaban J connectivity index is 1.32. The molecule has 1 aliphatic carbocycles. The number of fused-ring (bicyclic) bond motifs is 1. The predicted molar refractivity (Wildman–Crippen MR) is 129 cm³/mol. The summed E-state index contributed by atoms with van der Waals surface area (Å²) in [5.41, 5.74) is 4.08. The molecule has 0 bridgehead atoms. The van der Waals surface area contributed by atoms with Crippen molar-refractivity contribution in [1.82, 2.24) is 14.3 Å². The first-order valence-corrected chi connectivity index (χ1v) is 11.9. The number of benzene rings is 1. The molecule has 2 aromatic heterocycles. The van der Waals surface area contributed by atoms with Gasteiger partial charge in [-0.2, -0.15) is 5.10 Å². The number of ether oxygens (including phenoxy) is 2. The molecule has 0 radical (unpaired) electrons. The second-order valence-electron chi connectivity index (χ2n) is 9.70. The molecule has 2 aliphatic rings. The van der Waals surface area contributed by atoms with E-state index >= 15 is 0 Å². The van der Waals surface area contributed by atoms with Crippen LogP contribution >= 0.6 is 0 Å². The molecule has 3 heterocycles. The Morgan fingerprint density at radius 1 is 1.06 bits per heavy atom. The molecule has 0 atom stereocenters. The molecule has 0 spiro atoms. The van der Waals surface area contributed by atoms with Crippen LogP contribution < -0.4 is 20.3 Å². The third-order valence-electron chi connectivity index (χ3n) is 6.64. The lowest BCUT2D eigenvalue weighted by Crippen LogP contribution is -2.31. The van der Waals surface area contributed by atoms with Gasteiger partial charge in [0.25, 0.3) is 5.56 Å². The average molecular weight is 449 g/mol. The highest BCUT2D eigenvalue weighted by atomic mass is 16.7. The van der Waals surface area contributed by atoms with Crippen LogP contribution in [0, 0.1) is 5.92 Å². The highest BCUT2D eigenvalue weighted by molar-refractivity contribution is 5.65. The van der Waals surface area contributed by atoms with E-state index in [-0.39, 0.29) is 5.56 Å². The maximum Gasteiger partial charge on any atom is 0.273 e. The summed E-state index contributed by atoms with van der Waals surface area (Å²) in [7, 11) is 1.91. The molecule has 0 unspecified atom stereocenters. The van der Waals surface area contributed by atoms with Crippen molar-refractivity contribution in [3.05, 3.63) is 58.8 Å². The summed E-state index contributed by atoms with van der Waals surface area (Å²) >= 11 is 0. The first-order chi connectivity index (χ1) is 16.0. The number of nitrogens with zero attached hydrogens (tertiary/aromatic N) is 3. The van der Waals surface area contributed by atoms with Crippen molar-refractivity contribution in [1.29, 1.82) is 0 Å². The largest absolute Gasteiger partial charge is 0.454 e. The van der Waals surface area contributed by atoms with Gasteiger partial charge >= 0.3 is 0 Å². The van der Waals surface area contributed by atoms with E-state index in [2.05, 4.69) is 36.4 Å². The number of nitrogens with one attached hydrogen (secondary N) is 1. The fraction of sp³-hybridized carbons (Fsp3) is 0.462. The summed E-state index contributed by atoms with van der Waals surface area (Å²) in [5.74, 6) is 2.58. The molecule has 7 heteroatoms. The van der Waals surface area contributed by atoms with E-state index < -0.39 is 0 Å². The summed E-state index contributed by atoms with van der Waals surface area (Å²) in [4.78, 5) is 13.2. The second-order valence-corrected chi connectivity index (χ2v) is 9.70. The molecular weight excluding hydrogens is 416 g/mol. The summed E-state index contributed by atoms with van der Waals surface area (Å²) < 4.78 is 14.6. The van der Waals surface area contributed by atoms with Gasteiger partial charge in [-0.1, -0.05) is 19.9 Å². The first-order valence-electron chi connectivity index (χ1n) is 11.9. The zero-order chi connectivity index (χ0) is 22.9. The van der Waals surface area contributed by atoms with Gasteiger partial charge in [0.2, 0.25) is 6.79 Å². The molecule has 1 N–H and O–H groups in total. The normalized spacial score (nSPS) is 19.8. The number of rotatable bonds is 6. The third-order valence-corrected chi connectivity index (χ3v) is 6.64. The molecule has 33 heavy (non-hydrogen) atoms. The summed E-state index contributed by atoms with van der Waals surface area (Å²) in [6, 6.07) is 8.58. The summed E-state index contributed by atoms with van der Waals surface area (Å²) in [6.45, 7) is 5.27. The second kappa shape index (κ2) is 8.96. The third kappa shape index (κ3) is 4.63. The van der Waals surface area contributed by atoms with E-state index in [1.54, 1.807) is 4.68 Å². The molecule has 5 rings (SSSR count). The lowest BCUT2D eigenvalue weighted by molar-refractivity contribution is 0.174. The van der Waals surface area contributed by atoms with Gasteiger partial charge in [-0.25, -0.2) is 0 Å². The van der Waals surface area contributed by atoms with Crippen LogP contribution in [0.3, 0.4) is 0 Å². The minimum atomic E-state index is 0.0502. The monoisotopic (exact) mass is 448 g/mol.